The average molecular weight is 453 g/mol. The Hall–Kier alpha value is -3.40. The molecule has 0 atom stereocenters. The van der Waals surface area contributed by atoms with Gasteiger partial charge < -0.3 is 14.4 Å². The Bertz CT molecular complexity index is 1080. The molecular formula is C22H24N6O3S. The number of aromatic nitrogens is 3. The standard InChI is InChI=1S/C22H24N6O3S/c1-17-23-24-22(27(17)15-18-5-3-2-4-6-18)32-16-21(29)26-13-11-25(12-14-26)19-7-9-20(10-8-19)28(30)31/h2-10H,11-16H2,1H3. The number of nitro groups is 1. The fraction of sp³-hybridized carbons (Fsp3) is 0.318. The smallest absolute Gasteiger partial charge is 0.269 e. The van der Waals surface area contributed by atoms with Crippen LogP contribution in [0.3, 0.4) is 0 Å². The minimum absolute atomic E-state index is 0.0743. The predicted octanol–water partition coefficient (Wildman–Crippen LogP) is 2.98. The molecule has 3 aromatic rings. The quantitative estimate of drug-likeness (QED) is 0.309. The lowest BCUT2D eigenvalue weighted by molar-refractivity contribution is -0.384. The van der Waals surface area contributed by atoms with Gasteiger partial charge in [-0.3, -0.25) is 14.9 Å². The second-order valence-corrected chi connectivity index (χ2v) is 8.47. The van der Waals surface area contributed by atoms with Crippen LogP contribution >= 0.6 is 11.8 Å². The highest BCUT2D eigenvalue weighted by molar-refractivity contribution is 7.99. The van der Waals surface area contributed by atoms with Crippen LogP contribution in [0.15, 0.2) is 59.8 Å². The van der Waals surface area contributed by atoms with Crippen LogP contribution in [0, 0.1) is 17.0 Å². The Morgan fingerprint density at radius 1 is 1.03 bits per heavy atom. The number of amides is 1. The van der Waals surface area contributed by atoms with Crippen LogP contribution in [-0.4, -0.2) is 62.4 Å². The number of thioether (sulfide) groups is 1. The Kier molecular flexibility index (Phi) is 6.69. The molecule has 0 radical (unpaired) electrons. The molecule has 0 bridgehead atoms. The molecule has 0 spiro atoms. The minimum atomic E-state index is -0.403. The fourth-order valence-electron chi connectivity index (χ4n) is 3.63. The van der Waals surface area contributed by atoms with Crippen LogP contribution in [-0.2, 0) is 11.3 Å². The molecule has 0 N–H and O–H groups in total. The van der Waals surface area contributed by atoms with Crippen molar-refractivity contribution in [3.63, 3.8) is 0 Å². The second-order valence-electron chi connectivity index (χ2n) is 7.53. The number of rotatable bonds is 7. The first kappa shape index (κ1) is 21.8. The van der Waals surface area contributed by atoms with Gasteiger partial charge in [-0.25, -0.2) is 0 Å². The number of piperazine rings is 1. The van der Waals surface area contributed by atoms with E-state index in [1.807, 2.05) is 34.6 Å². The van der Waals surface area contributed by atoms with Crippen molar-refractivity contribution in [3.05, 3.63) is 76.1 Å². The van der Waals surface area contributed by atoms with E-state index in [4.69, 9.17) is 0 Å². The molecule has 9 nitrogen and oxygen atoms in total. The first-order valence-corrected chi connectivity index (χ1v) is 11.3. The van der Waals surface area contributed by atoms with Gasteiger partial charge in [-0.1, -0.05) is 42.1 Å². The molecule has 1 aliphatic rings. The second kappa shape index (κ2) is 9.82. The molecule has 1 amide bonds. The summed E-state index contributed by atoms with van der Waals surface area (Å²) in [5.74, 6) is 1.20. The van der Waals surface area contributed by atoms with E-state index in [2.05, 4.69) is 27.2 Å². The van der Waals surface area contributed by atoms with Crippen molar-refractivity contribution in [1.82, 2.24) is 19.7 Å². The topological polar surface area (TPSA) is 97.4 Å². The first-order valence-electron chi connectivity index (χ1n) is 10.3. The summed E-state index contributed by atoms with van der Waals surface area (Å²) in [6, 6.07) is 16.6. The average Bonchev–Trinajstić information content (AvgIpc) is 3.17. The zero-order chi connectivity index (χ0) is 22.5. The maximum absolute atomic E-state index is 12.8. The van der Waals surface area contributed by atoms with Gasteiger partial charge in [-0.05, 0) is 24.6 Å². The maximum Gasteiger partial charge on any atom is 0.269 e. The van der Waals surface area contributed by atoms with E-state index in [0.717, 1.165) is 22.2 Å². The van der Waals surface area contributed by atoms with Gasteiger partial charge >= 0.3 is 0 Å². The molecule has 1 aromatic heterocycles. The molecule has 1 fully saturated rings. The molecule has 2 heterocycles. The largest absolute Gasteiger partial charge is 0.368 e. The number of hydrogen-bond donors (Lipinski definition) is 0. The van der Waals surface area contributed by atoms with Crippen molar-refractivity contribution >= 4 is 29.0 Å². The molecule has 32 heavy (non-hydrogen) atoms. The van der Waals surface area contributed by atoms with E-state index >= 15 is 0 Å². The highest BCUT2D eigenvalue weighted by Crippen LogP contribution is 2.22. The zero-order valence-corrected chi connectivity index (χ0v) is 18.6. The summed E-state index contributed by atoms with van der Waals surface area (Å²) in [4.78, 5) is 27.2. The number of anilines is 1. The molecule has 1 aliphatic heterocycles. The Morgan fingerprint density at radius 2 is 1.72 bits per heavy atom. The number of nitrogens with zero attached hydrogens (tertiary/aromatic N) is 6. The first-order chi connectivity index (χ1) is 15.5. The van der Waals surface area contributed by atoms with Gasteiger partial charge in [0.25, 0.3) is 5.69 Å². The summed E-state index contributed by atoms with van der Waals surface area (Å²) in [6.45, 7) is 5.20. The minimum Gasteiger partial charge on any atom is -0.368 e. The normalized spacial score (nSPS) is 13.9. The fourth-order valence-corrected chi connectivity index (χ4v) is 4.52. The van der Waals surface area contributed by atoms with Gasteiger partial charge in [0, 0.05) is 44.0 Å². The van der Waals surface area contributed by atoms with Crippen molar-refractivity contribution in [2.45, 2.75) is 18.6 Å². The lowest BCUT2D eigenvalue weighted by Crippen LogP contribution is -2.49. The van der Waals surface area contributed by atoms with Gasteiger partial charge in [0.1, 0.15) is 5.82 Å². The van der Waals surface area contributed by atoms with Gasteiger partial charge in [0.15, 0.2) is 5.16 Å². The lowest BCUT2D eigenvalue weighted by Gasteiger charge is -2.36. The summed E-state index contributed by atoms with van der Waals surface area (Å²) in [5, 5.41) is 20.0. The number of hydrogen-bond acceptors (Lipinski definition) is 7. The monoisotopic (exact) mass is 452 g/mol. The number of nitro benzene ring substituents is 1. The Balaban J connectivity index is 1.30. The molecule has 1 saturated heterocycles. The van der Waals surface area contributed by atoms with Crippen molar-refractivity contribution in [1.29, 1.82) is 0 Å². The van der Waals surface area contributed by atoms with Crippen molar-refractivity contribution in [2.24, 2.45) is 0 Å². The van der Waals surface area contributed by atoms with Crippen LogP contribution in [0.4, 0.5) is 11.4 Å². The van der Waals surface area contributed by atoms with E-state index in [0.29, 0.717) is 38.5 Å². The third-order valence-electron chi connectivity index (χ3n) is 5.47. The van der Waals surface area contributed by atoms with Gasteiger partial charge in [0.2, 0.25) is 5.91 Å². The molecule has 166 valence electrons. The van der Waals surface area contributed by atoms with Crippen molar-refractivity contribution in [2.75, 3.05) is 36.8 Å². The van der Waals surface area contributed by atoms with Gasteiger partial charge in [-0.15, -0.1) is 10.2 Å². The van der Waals surface area contributed by atoms with Crippen molar-refractivity contribution in [3.8, 4) is 0 Å². The highest BCUT2D eigenvalue weighted by Gasteiger charge is 2.22. The number of carbonyl (C=O) groups excluding carboxylic acids is 1. The van der Waals surface area contributed by atoms with Crippen LogP contribution in [0.2, 0.25) is 0 Å². The summed E-state index contributed by atoms with van der Waals surface area (Å²) in [6.07, 6.45) is 0. The van der Waals surface area contributed by atoms with Crippen LogP contribution in [0.5, 0.6) is 0 Å². The summed E-state index contributed by atoms with van der Waals surface area (Å²) >= 11 is 1.41. The lowest BCUT2D eigenvalue weighted by atomic mass is 10.2. The predicted molar refractivity (Wildman–Crippen MR) is 123 cm³/mol. The Labute approximate surface area is 190 Å². The van der Waals surface area contributed by atoms with E-state index in [-0.39, 0.29) is 11.6 Å². The molecule has 2 aromatic carbocycles. The van der Waals surface area contributed by atoms with E-state index < -0.39 is 4.92 Å². The summed E-state index contributed by atoms with van der Waals surface area (Å²) in [5.41, 5.74) is 2.17. The van der Waals surface area contributed by atoms with E-state index in [9.17, 15) is 14.9 Å². The highest BCUT2D eigenvalue weighted by atomic mass is 32.2. The van der Waals surface area contributed by atoms with E-state index in [1.54, 1.807) is 12.1 Å². The molecule has 0 saturated carbocycles. The zero-order valence-electron chi connectivity index (χ0n) is 17.8. The third kappa shape index (κ3) is 5.08. The van der Waals surface area contributed by atoms with Crippen molar-refractivity contribution < 1.29 is 9.72 Å². The van der Waals surface area contributed by atoms with Gasteiger partial charge in [-0.2, -0.15) is 0 Å². The number of aryl methyl sites for hydroxylation is 1. The molecule has 4 rings (SSSR count). The maximum atomic E-state index is 12.8. The molecule has 0 aliphatic carbocycles. The number of benzene rings is 2. The molecular weight excluding hydrogens is 428 g/mol. The Morgan fingerprint density at radius 3 is 2.38 bits per heavy atom. The van der Waals surface area contributed by atoms with Crippen LogP contribution in [0.25, 0.3) is 0 Å². The number of carbonyl (C=O) groups is 1. The SMILES string of the molecule is Cc1nnc(SCC(=O)N2CCN(c3ccc([N+](=O)[O-])cc3)CC2)n1Cc1ccccc1. The summed E-state index contributed by atoms with van der Waals surface area (Å²) in [7, 11) is 0. The summed E-state index contributed by atoms with van der Waals surface area (Å²) < 4.78 is 2.03. The number of non-ortho nitro benzene ring substituents is 1. The van der Waals surface area contributed by atoms with Crippen LogP contribution in [0.1, 0.15) is 11.4 Å². The molecule has 10 heteroatoms. The third-order valence-corrected chi connectivity index (χ3v) is 6.42. The van der Waals surface area contributed by atoms with Crippen LogP contribution < -0.4 is 4.90 Å². The van der Waals surface area contributed by atoms with Gasteiger partial charge in [0.05, 0.1) is 17.2 Å². The van der Waals surface area contributed by atoms with E-state index in [1.165, 1.54) is 23.9 Å². The molecule has 0 unspecified atom stereocenters.